The molecule has 0 aromatic heterocycles. The van der Waals surface area contributed by atoms with Gasteiger partial charge in [-0.25, -0.2) is 0 Å². The van der Waals surface area contributed by atoms with E-state index in [0.29, 0.717) is 12.8 Å². The highest BCUT2D eigenvalue weighted by molar-refractivity contribution is 5.84. The topological polar surface area (TPSA) is 64.6 Å². The van der Waals surface area contributed by atoms with Crippen molar-refractivity contribution in [1.82, 2.24) is 5.32 Å². The van der Waals surface area contributed by atoms with E-state index >= 15 is 0 Å². The summed E-state index contributed by atoms with van der Waals surface area (Å²) in [6.45, 7) is 1.56. The maximum Gasteiger partial charge on any atom is 0.313 e. The van der Waals surface area contributed by atoms with Gasteiger partial charge in [0.05, 0.1) is 13.5 Å². The van der Waals surface area contributed by atoms with Crippen LogP contribution in [0.25, 0.3) is 0 Å². The van der Waals surface area contributed by atoms with Crippen molar-refractivity contribution < 1.29 is 19.1 Å². The summed E-state index contributed by atoms with van der Waals surface area (Å²) in [5, 5.41) is 3.18. The maximum absolute atomic E-state index is 11.6. The first-order valence-corrected chi connectivity index (χ1v) is 5.18. The Hall–Kier alpha value is -1.10. The molecule has 2 saturated heterocycles. The van der Waals surface area contributed by atoms with Crippen molar-refractivity contribution >= 4 is 11.9 Å². The highest BCUT2D eigenvalue weighted by Gasteiger charge is 2.53. The third kappa shape index (κ3) is 1.71. The molecule has 2 aliphatic rings. The fourth-order valence-corrected chi connectivity index (χ4v) is 2.43. The van der Waals surface area contributed by atoms with Crippen LogP contribution in [0.4, 0.5) is 0 Å². The molecule has 1 spiro atoms. The summed E-state index contributed by atoms with van der Waals surface area (Å²) >= 11 is 0. The predicted octanol–water partition coefficient (Wildman–Crippen LogP) is -0.155. The number of esters is 2. The van der Waals surface area contributed by atoms with E-state index in [1.807, 2.05) is 0 Å². The van der Waals surface area contributed by atoms with Crippen molar-refractivity contribution in [3.63, 3.8) is 0 Å². The van der Waals surface area contributed by atoms with Crippen LogP contribution in [0, 0.1) is 5.92 Å². The third-order valence-corrected chi connectivity index (χ3v) is 3.26. The molecular formula is C10H15NO4. The first-order chi connectivity index (χ1) is 7.18. The monoisotopic (exact) mass is 213 g/mol. The zero-order valence-corrected chi connectivity index (χ0v) is 8.75. The fourth-order valence-electron chi connectivity index (χ4n) is 2.43. The summed E-state index contributed by atoms with van der Waals surface area (Å²) in [6, 6.07) is 0. The van der Waals surface area contributed by atoms with Crippen LogP contribution in [0.5, 0.6) is 0 Å². The van der Waals surface area contributed by atoms with E-state index in [2.05, 4.69) is 5.32 Å². The molecule has 2 heterocycles. The molecular weight excluding hydrogens is 198 g/mol. The second kappa shape index (κ2) is 3.81. The van der Waals surface area contributed by atoms with Crippen molar-refractivity contribution in [3.05, 3.63) is 0 Å². The maximum atomic E-state index is 11.6. The van der Waals surface area contributed by atoms with E-state index in [9.17, 15) is 9.59 Å². The SMILES string of the molecule is COC(=O)C1CC(=O)OC12CCNCC2. The van der Waals surface area contributed by atoms with Gasteiger partial charge in [0.2, 0.25) is 0 Å². The smallest absolute Gasteiger partial charge is 0.313 e. The lowest BCUT2D eigenvalue weighted by atomic mass is 9.80. The van der Waals surface area contributed by atoms with Crippen LogP contribution in [-0.4, -0.2) is 37.7 Å². The Morgan fingerprint density at radius 3 is 2.80 bits per heavy atom. The molecule has 0 radical (unpaired) electrons. The molecule has 0 bridgehead atoms. The number of methoxy groups -OCH3 is 1. The molecule has 0 aliphatic carbocycles. The van der Waals surface area contributed by atoms with Crippen LogP contribution in [0.3, 0.4) is 0 Å². The van der Waals surface area contributed by atoms with Gasteiger partial charge in [-0.15, -0.1) is 0 Å². The van der Waals surface area contributed by atoms with Gasteiger partial charge in [0.15, 0.2) is 0 Å². The molecule has 5 nitrogen and oxygen atoms in total. The average molecular weight is 213 g/mol. The fraction of sp³-hybridized carbons (Fsp3) is 0.800. The van der Waals surface area contributed by atoms with E-state index in [4.69, 9.17) is 9.47 Å². The summed E-state index contributed by atoms with van der Waals surface area (Å²) in [4.78, 5) is 22.9. The molecule has 0 saturated carbocycles. The minimum Gasteiger partial charge on any atom is -0.469 e. The third-order valence-electron chi connectivity index (χ3n) is 3.26. The van der Waals surface area contributed by atoms with E-state index in [-0.39, 0.29) is 18.4 Å². The first-order valence-electron chi connectivity index (χ1n) is 5.18. The standard InChI is InChI=1S/C10H15NO4/c1-14-9(13)7-6-8(12)15-10(7)2-4-11-5-3-10/h7,11H,2-6H2,1H3. The van der Waals surface area contributed by atoms with Crippen LogP contribution >= 0.6 is 0 Å². The lowest BCUT2D eigenvalue weighted by Gasteiger charge is -2.35. The molecule has 1 atom stereocenters. The Balaban J connectivity index is 2.19. The number of nitrogens with one attached hydrogen (secondary N) is 1. The van der Waals surface area contributed by atoms with Crippen LogP contribution in [0.15, 0.2) is 0 Å². The summed E-state index contributed by atoms with van der Waals surface area (Å²) in [5.41, 5.74) is -0.602. The lowest BCUT2D eigenvalue weighted by molar-refractivity contribution is -0.159. The second-order valence-corrected chi connectivity index (χ2v) is 4.07. The largest absolute Gasteiger partial charge is 0.469 e. The number of hydrogen-bond acceptors (Lipinski definition) is 5. The van der Waals surface area contributed by atoms with Gasteiger partial charge >= 0.3 is 11.9 Å². The number of carbonyl (C=O) groups is 2. The Morgan fingerprint density at radius 2 is 2.20 bits per heavy atom. The van der Waals surface area contributed by atoms with Crippen molar-refractivity contribution in [2.24, 2.45) is 5.92 Å². The van der Waals surface area contributed by atoms with Crippen LogP contribution < -0.4 is 5.32 Å². The molecule has 15 heavy (non-hydrogen) atoms. The average Bonchev–Trinajstić information content (AvgIpc) is 2.55. The lowest BCUT2D eigenvalue weighted by Crippen LogP contribution is -2.48. The predicted molar refractivity (Wildman–Crippen MR) is 51.0 cm³/mol. The second-order valence-electron chi connectivity index (χ2n) is 4.07. The first kappa shape index (κ1) is 10.4. The van der Waals surface area contributed by atoms with Crippen LogP contribution in [0.2, 0.25) is 0 Å². The molecule has 0 amide bonds. The van der Waals surface area contributed by atoms with E-state index in [1.165, 1.54) is 7.11 Å². The summed E-state index contributed by atoms with van der Waals surface area (Å²) in [5.74, 6) is -1.04. The number of hydrogen-bond donors (Lipinski definition) is 1. The van der Waals surface area contributed by atoms with Gasteiger partial charge in [-0.2, -0.15) is 0 Å². The van der Waals surface area contributed by atoms with E-state index < -0.39 is 11.5 Å². The van der Waals surface area contributed by atoms with Crippen molar-refractivity contribution in [2.75, 3.05) is 20.2 Å². The van der Waals surface area contributed by atoms with E-state index in [1.54, 1.807) is 0 Å². The summed E-state index contributed by atoms with van der Waals surface area (Å²) in [7, 11) is 1.35. The van der Waals surface area contributed by atoms with Crippen molar-refractivity contribution in [3.8, 4) is 0 Å². The van der Waals surface area contributed by atoms with Gasteiger partial charge in [-0.1, -0.05) is 0 Å². The van der Waals surface area contributed by atoms with Gasteiger partial charge < -0.3 is 14.8 Å². The van der Waals surface area contributed by atoms with E-state index in [0.717, 1.165) is 13.1 Å². The molecule has 1 unspecified atom stereocenters. The Bertz CT molecular complexity index is 283. The normalized spacial score (nSPS) is 28.9. The molecule has 2 rings (SSSR count). The molecule has 5 heteroatoms. The van der Waals surface area contributed by atoms with Gasteiger partial charge in [-0.05, 0) is 13.1 Å². The molecule has 0 aromatic rings. The summed E-state index contributed by atoms with van der Waals surface area (Å²) in [6.07, 6.45) is 1.55. The van der Waals surface area contributed by atoms with Gasteiger partial charge in [0.25, 0.3) is 0 Å². The molecule has 0 aromatic carbocycles. The van der Waals surface area contributed by atoms with Gasteiger partial charge in [0, 0.05) is 12.8 Å². The summed E-state index contributed by atoms with van der Waals surface area (Å²) < 4.78 is 10.1. The minimum atomic E-state index is -0.602. The molecule has 84 valence electrons. The van der Waals surface area contributed by atoms with Crippen LogP contribution in [-0.2, 0) is 19.1 Å². The number of carbonyl (C=O) groups excluding carboxylic acids is 2. The highest BCUT2D eigenvalue weighted by atomic mass is 16.6. The zero-order valence-electron chi connectivity index (χ0n) is 8.75. The van der Waals surface area contributed by atoms with Gasteiger partial charge in [-0.3, -0.25) is 9.59 Å². The zero-order chi connectivity index (χ0) is 10.9. The quantitative estimate of drug-likeness (QED) is 0.613. The Kier molecular flexibility index (Phi) is 2.65. The number of piperidine rings is 1. The highest BCUT2D eigenvalue weighted by Crippen LogP contribution is 2.40. The van der Waals surface area contributed by atoms with Crippen LogP contribution in [0.1, 0.15) is 19.3 Å². The van der Waals surface area contributed by atoms with Gasteiger partial charge in [0.1, 0.15) is 11.5 Å². The van der Waals surface area contributed by atoms with Crippen molar-refractivity contribution in [1.29, 1.82) is 0 Å². The molecule has 2 fully saturated rings. The number of rotatable bonds is 1. The Labute approximate surface area is 88.1 Å². The van der Waals surface area contributed by atoms with Crippen molar-refractivity contribution in [2.45, 2.75) is 24.9 Å². The number of ether oxygens (including phenoxy) is 2. The Morgan fingerprint density at radius 1 is 1.53 bits per heavy atom. The molecule has 1 N–H and O–H groups in total. The minimum absolute atomic E-state index is 0.159. The molecule has 2 aliphatic heterocycles.